The quantitative estimate of drug-likeness (QED) is 0.502. The van der Waals surface area contributed by atoms with E-state index in [4.69, 9.17) is 22.1 Å². The van der Waals surface area contributed by atoms with Crippen molar-refractivity contribution in [2.75, 3.05) is 6.61 Å². The van der Waals surface area contributed by atoms with Crippen LogP contribution in [0.15, 0.2) is 35.8 Å². The molecule has 10 heteroatoms. The standard InChI is InChI=1S/C22H27ClN6O3/c23-20-15-13-29-17(12-19(24)30)21(31)27-22(29)26-16(15)6-7-18(20)32-11-5-3-1-2-4-9-28-10-8-25-14-28/h6-8,10,14,17H,1-5,9,11-13H2,(H2,24,30)(H,26,27,31). The van der Waals surface area contributed by atoms with Crippen LogP contribution in [-0.2, 0) is 22.7 Å². The second-order valence-electron chi connectivity index (χ2n) is 8.03. The van der Waals surface area contributed by atoms with Crippen LogP contribution < -0.4 is 15.8 Å². The highest BCUT2D eigenvalue weighted by Crippen LogP contribution is 2.39. The SMILES string of the molecule is NC(=O)CC1C(=O)NC2=Nc3ccc(OCCCCCCCn4ccnc4)c(Cl)c3CN21. The smallest absolute Gasteiger partial charge is 0.250 e. The number of nitrogens with zero attached hydrogens (tertiary/aromatic N) is 4. The number of carbonyl (C=O) groups is 2. The number of aliphatic imine (C=N–C) groups is 1. The number of aromatic nitrogens is 2. The van der Waals surface area contributed by atoms with E-state index in [0.717, 1.165) is 37.8 Å². The molecule has 1 unspecified atom stereocenters. The number of imidazole rings is 1. The van der Waals surface area contributed by atoms with Crippen LogP contribution in [0.1, 0.15) is 44.1 Å². The molecule has 1 fully saturated rings. The molecule has 170 valence electrons. The van der Waals surface area contributed by atoms with Crippen LogP contribution in [0.3, 0.4) is 0 Å². The zero-order valence-electron chi connectivity index (χ0n) is 17.8. The largest absolute Gasteiger partial charge is 0.492 e. The number of rotatable bonds is 11. The van der Waals surface area contributed by atoms with Crippen molar-refractivity contribution in [1.82, 2.24) is 19.8 Å². The fourth-order valence-corrected chi connectivity index (χ4v) is 4.27. The van der Waals surface area contributed by atoms with Gasteiger partial charge in [-0.2, -0.15) is 0 Å². The minimum absolute atomic E-state index is 0.0731. The lowest BCUT2D eigenvalue weighted by atomic mass is 10.1. The molecule has 4 rings (SSSR count). The summed E-state index contributed by atoms with van der Waals surface area (Å²) in [5.74, 6) is 0.204. The normalized spacial score (nSPS) is 16.9. The van der Waals surface area contributed by atoms with E-state index in [1.165, 1.54) is 6.42 Å². The molecule has 32 heavy (non-hydrogen) atoms. The van der Waals surface area contributed by atoms with Gasteiger partial charge in [0, 0.05) is 24.5 Å². The van der Waals surface area contributed by atoms with Gasteiger partial charge in [-0.25, -0.2) is 9.98 Å². The fourth-order valence-electron chi connectivity index (χ4n) is 3.99. The number of benzene rings is 1. The van der Waals surface area contributed by atoms with Crippen LogP contribution in [0.4, 0.5) is 5.69 Å². The Hall–Kier alpha value is -3.07. The molecule has 3 heterocycles. The molecule has 3 N–H and O–H groups in total. The first-order valence-electron chi connectivity index (χ1n) is 10.9. The highest BCUT2D eigenvalue weighted by molar-refractivity contribution is 6.33. The molecule has 2 amide bonds. The van der Waals surface area contributed by atoms with Gasteiger partial charge in [0.25, 0.3) is 0 Å². The molecule has 0 radical (unpaired) electrons. The van der Waals surface area contributed by atoms with Crippen molar-refractivity contribution in [3.05, 3.63) is 41.4 Å². The second kappa shape index (κ2) is 10.0. The number of fused-ring (bicyclic) bond motifs is 2. The van der Waals surface area contributed by atoms with E-state index >= 15 is 0 Å². The third kappa shape index (κ3) is 5.04. The first-order valence-corrected chi connectivity index (χ1v) is 11.2. The summed E-state index contributed by atoms with van der Waals surface area (Å²) < 4.78 is 8.02. The summed E-state index contributed by atoms with van der Waals surface area (Å²) >= 11 is 6.61. The number of ether oxygens (including phenoxy) is 1. The summed E-state index contributed by atoms with van der Waals surface area (Å²) in [6, 6.07) is 2.97. The van der Waals surface area contributed by atoms with Crippen LogP contribution in [0.2, 0.25) is 5.02 Å². The minimum atomic E-state index is -0.672. The number of hydrogen-bond donors (Lipinski definition) is 2. The highest BCUT2D eigenvalue weighted by atomic mass is 35.5. The molecule has 1 atom stereocenters. The topological polar surface area (TPSA) is 115 Å². The van der Waals surface area contributed by atoms with Crippen molar-refractivity contribution in [2.45, 2.75) is 57.7 Å². The molecule has 2 aliphatic rings. The van der Waals surface area contributed by atoms with Crippen LogP contribution in [0.25, 0.3) is 0 Å². The fraction of sp³-hybridized carbons (Fsp3) is 0.455. The van der Waals surface area contributed by atoms with E-state index in [-0.39, 0.29) is 12.3 Å². The number of guanidine groups is 1. The number of halogens is 1. The molecule has 1 saturated heterocycles. The molecular weight excluding hydrogens is 432 g/mol. The van der Waals surface area contributed by atoms with E-state index in [9.17, 15) is 9.59 Å². The van der Waals surface area contributed by atoms with Crippen molar-refractivity contribution in [3.63, 3.8) is 0 Å². The van der Waals surface area contributed by atoms with Gasteiger partial charge in [-0.05, 0) is 25.0 Å². The molecule has 2 aromatic rings. The molecule has 1 aromatic carbocycles. The Kier molecular flexibility index (Phi) is 6.94. The Morgan fingerprint density at radius 2 is 2.06 bits per heavy atom. The van der Waals surface area contributed by atoms with Crippen LogP contribution in [-0.4, -0.2) is 44.9 Å². The number of amides is 2. The summed E-state index contributed by atoms with van der Waals surface area (Å²) in [4.78, 5) is 33.8. The number of unbranched alkanes of at least 4 members (excludes halogenated alkanes) is 4. The maximum absolute atomic E-state index is 12.2. The van der Waals surface area contributed by atoms with Gasteiger partial charge in [0.05, 0.1) is 36.6 Å². The lowest BCUT2D eigenvalue weighted by Gasteiger charge is -2.28. The third-order valence-corrected chi connectivity index (χ3v) is 6.11. The number of nitrogens with two attached hydrogens (primary N) is 1. The zero-order chi connectivity index (χ0) is 22.5. The van der Waals surface area contributed by atoms with Gasteiger partial charge in [-0.1, -0.05) is 30.9 Å². The second-order valence-corrected chi connectivity index (χ2v) is 8.41. The van der Waals surface area contributed by atoms with E-state index in [0.29, 0.717) is 35.6 Å². The number of primary amides is 1. The summed E-state index contributed by atoms with van der Waals surface area (Å²) in [7, 11) is 0. The number of aryl methyl sites for hydroxylation is 1. The van der Waals surface area contributed by atoms with E-state index in [1.54, 1.807) is 11.1 Å². The maximum Gasteiger partial charge on any atom is 0.250 e. The summed E-state index contributed by atoms with van der Waals surface area (Å²) in [6.07, 6.45) is 11.1. The van der Waals surface area contributed by atoms with Gasteiger partial charge in [-0.3, -0.25) is 14.9 Å². The predicted octanol–water partition coefficient (Wildman–Crippen LogP) is 2.74. The molecule has 0 aliphatic carbocycles. The van der Waals surface area contributed by atoms with E-state index in [2.05, 4.69) is 19.9 Å². The highest BCUT2D eigenvalue weighted by Gasteiger charge is 2.40. The first-order chi connectivity index (χ1) is 15.5. The summed E-state index contributed by atoms with van der Waals surface area (Å²) in [5, 5.41) is 3.20. The maximum atomic E-state index is 12.2. The summed E-state index contributed by atoms with van der Waals surface area (Å²) in [5.41, 5.74) is 6.76. The average Bonchev–Trinajstić information content (AvgIpc) is 3.38. The van der Waals surface area contributed by atoms with Gasteiger partial charge in [0.1, 0.15) is 11.8 Å². The number of nitrogens with one attached hydrogen (secondary N) is 1. The van der Waals surface area contributed by atoms with Crippen molar-refractivity contribution in [2.24, 2.45) is 10.7 Å². The molecule has 2 aliphatic heterocycles. The molecule has 1 aromatic heterocycles. The molecule has 0 bridgehead atoms. The number of carbonyl (C=O) groups excluding carboxylic acids is 2. The third-order valence-electron chi connectivity index (χ3n) is 5.70. The van der Waals surface area contributed by atoms with Gasteiger partial charge in [0.15, 0.2) is 0 Å². The monoisotopic (exact) mass is 458 g/mol. The van der Waals surface area contributed by atoms with Gasteiger partial charge in [-0.15, -0.1) is 0 Å². The average molecular weight is 459 g/mol. The summed E-state index contributed by atoms with van der Waals surface area (Å²) in [6.45, 7) is 1.95. The van der Waals surface area contributed by atoms with Crippen LogP contribution in [0.5, 0.6) is 5.75 Å². The molecule has 9 nitrogen and oxygen atoms in total. The van der Waals surface area contributed by atoms with Gasteiger partial charge in [0.2, 0.25) is 17.8 Å². The Balaban J connectivity index is 1.26. The lowest BCUT2D eigenvalue weighted by Crippen LogP contribution is -2.39. The molecular formula is C22H27ClN6O3. The predicted molar refractivity (Wildman–Crippen MR) is 121 cm³/mol. The Bertz CT molecular complexity index is 1010. The van der Waals surface area contributed by atoms with Crippen molar-refractivity contribution in [1.29, 1.82) is 0 Å². The van der Waals surface area contributed by atoms with E-state index < -0.39 is 11.9 Å². The minimum Gasteiger partial charge on any atom is -0.492 e. The van der Waals surface area contributed by atoms with Gasteiger partial charge < -0.3 is 19.9 Å². The Morgan fingerprint density at radius 1 is 1.25 bits per heavy atom. The van der Waals surface area contributed by atoms with Crippen molar-refractivity contribution in [3.8, 4) is 5.75 Å². The van der Waals surface area contributed by atoms with Crippen molar-refractivity contribution >= 4 is 35.1 Å². The number of hydrogen-bond acceptors (Lipinski definition) is 6. The Labute approximate surface area is 191 Å². The van der Waals surface area contributed by atoms with Gasteiger partial charge >= 0.3 is 0 Å². The lowest BCUT2D eigenvalue weighted by molar-refractivity contribution is -0.126. The molecule has 0 saturated carbocycles. The van der Waals surface area contributed by atoms with Crippen LogP contribution >= 0.6 is 11.6 Å². The van der Waals surface area contributed by atoms with Crippen molar-refractivity contribution < 1.29 is 14.3 Å². The Morgan fingerprint density at radius 3 is 2.84 bits per heavy atom. The molecule has 0 spiro atoms. The van der Waals surface area contributed by atoms with Crippen LogP contribution in [0, 0.1) is 0 Å². The first kappa shape index (κ1) is 22.1. The van der Waals surface area contributed by atoms with E-state index in [1.807, 2.05) is 24.7 Å². The zero-order valence-corrected chi connectivity index (χ0v) is 18.6.